The van der Waals surface area contributed by atoms with Crippen molar-refractivity contribution in [2.24, 2.45) is 0 Å². The molecule has 3 aromatic carbocycles. The summed E-state index contributed by atoms with van der Waals surface area (Å²) in [7, 11) is 6.28. The van der Waals surface area contributed by atoms with Gasteiger partial charge in [0, 0.05) is 10.9 Å². The first kappa shape index (κ1) is 17.9. The van der Waals surface area contributed by atoms with Crippen molar-refractivity contribution in [2.75, 3.05) is 28.4 Å². The predicted octanol–water partition coefficient (Wildman–Crippen LogP) is 4.72. The van der Waals surface area contributed by atoms with E-state index in [1.165, 1.54) is 7.11 Å². The number of rotatable bonds is 5. The van der Waals surface area contributed by atoms with Gasteiger partial charge in [0.25, 0.3) is 0 Å². The first-order valence-electron chi connectivity index (χ1n) is 8.78. The van der Waals surface area contributed by atoms with E-state index in [4.69, 9.17) is 18.9 Å². The zero-order valence-corrected chi connectivity index (χ0v) is 16.2. The highest BCUT2D eigenvalue weighted by molar-refractivity contribution is 6.22. The molecule has 0 radical (unpaired) electrons. The summed E-state index contributed by atoms with van der Waals surface area (Å²) >= 11 is 0. The Kier molecular flexibility index (Phi) is 4.43. The van der Waals surface area contributed by atoms with Crippen LogP contribution >= 0.6 is 0 Å². The molecule has 0 spiro atoms. The summed E-state index contributed by atoms with van der Waals surface area (Å²) in [6.07, 6.45) is 1.79. The predicted molar refractivity (Wildman–Crippen MR) is 108 cm³/mol. The molecule has 1 aliphatic carbocycles. The van der Waals surface area contributed by atoms with Crippen LogP contribution in [0.5, 0.6) is 17.2 Å². The molecule has 0 saturated heterocycles. The lowest BCUT2D eigenvalue weighted by Crippen LogP contribution is -2.10. The molecule has 0 amide bonds. The Balaban J connectivity index is 1.98. The average molecular weight is 376 g/mol. The number of ether oxygens (including phenoxy) is 4. The lowest BCUT2D eigenvalue weighted by Gasteiger charge is -2.18. The van der Waals surface area contributed by atoms with Gasteiger partial charge in [0.15, 0.2) is 17.3 Å². The fourth-order valence-electron chi connectivity index (χ4n) is 3.67. The van der Waals surface area contributed by atoms with E-state index in [1.54, 1.807) is 27.4 Å². The number of carbonyl (C=O) groups excluding carboxylic acids is 1. The Bertz CT molecular complexity index is 1100. The van der Waals surface area contributed by atoms with Gasteiger partial charge in [-0.25, -0.2) is 0 Å². The van der Waals surface area contributed by atoms with Crippen LogP contribution in [0.3, 0.4) is 0 Å². The van der Waals surface area contributed by atoms with Gasteiger partial charge in [0.1, 0.15) is 0 Å². The Morgan fingerprint density at radius 3 is 2.04 bits per heavy atom. The highest BCUT2D eigenvalue weighted by atomic mass is 16.5. The number of benzene rings is 3. The van der Waals surface area contributed by atoms with Gasteiger partial charge < -0.3 is 18.9 Å². The molecule has 0 aliphatic heterocycles. The molecule has 0 heterocycles. The van der Waals surface area contributed by atoms with Crippen molar-refractivity contribution >= 4 is 22.6 Å². The largest absolute Gasteiger partial charge is 0.493 e. The van der Waals surface area contributed by atoms with E-state index in [0.717, 1.165) is 27.5 Å². The Morgan fingerprint density at radius 2 is 1.43 bits per heavy atom. The summed E-state index contributed by atoms with van der Waals surface area (Å²) in [4.78, 5) is 12.6. The van der Waals surface area contributed by atoms with Crippen LogP contribution in [0.1, 0.15) is 15.9 Å². The van der Waals surface area contributed by atoms with E-state index in [2.05, 4.69) is 6.07 Å². The lowest BCUT2D eigenvalue weighted by atomic mass is 9.88. The summed E-state index contributed by atoms with van der Waals surface area (Å²) < 4.78 is 21.7. The van der Waals surface area contributed by atoms with Crippen LogP contribution in [0.15, 0.2) is 48.2 Å². The van der Waals surface area contributed by atoms with Crippen LogP contribution in [-0.4, -0.2) is 34.2 Å². The fourth-order valence-corrected chi connectivity index (χ4v) is 3.67. The van der Waals surface area contributed by atoms with Gasteiger partial charge in [0.05, 0.1) is 28.4 Å². The summed E-state index contributed by atoms with van der Waals surface area (Å²) in [5.41, 5.74) is 3.49. The second-order valence-electron chi connectivity index (χ2n) is 6.43. The lowest BCUT2D eigenvalue weighted by molar-refractivity contribution is 0.0957. The van der Waals surface area contributed by atoms with Gasteiger partial charge in [-0.05, 0) is 52.4 Å². The number of allylic oxidation sites excluding steroid dienone is 1. The van der Waals surface area contributed by atoms with Gasteiger partial charge in [0.2, 0.25) is 11.5 Å². The monoisotopic (exact) mass is 376 g/mol. The molecule has 28 heavy (non-hydrogen) atoms. The minimum absolute atomic E-state index is 0.0962. The van der Waals surface area contributed by atoms with Gasteiger partial charge in [-0.2, -0.15) is 0 Å². The summed E-state index contributed by atoms with van der Waals surface area (Å²) in [6, 6.07) is 13.6. The number of hydrogen-bond acceptors (Lipinski definition) is 5. The van der Waals surface area contributed by atoms with E-state index >= 15 is 0 Å². The molecule has 3 aromatic rings. The van der Waals surface area contributed by atoms with E-state index in [9.17, 15) is 4.79 Å². The molecular formula is C23H20O5. The smallest absolute Gasteiger partial charge is 0.228 e. The van der Waals surface area contributed by atoms with E-state index in [0.29, 0.717) is 28.6 Å². The molecular weight excluding hydrogens is 356 g/mol. The Morgan fingerprint density at radius 1 is 0.750 bits per heavy atom. The van der Waals surface area contributed by atoms with Crippen LogP contribution in [0, 0.1) is 0 Å². The third kappa shape index (κ3) is 2.67. The molecule has 0 N–H and O–H groups in total. The zero-order valence-electron chi connectivity index (χ0n) is 16.2. The highest BCUT2D eigenvalue weighted by Crippen LogP contribution is 2.43. The van der Waals surface area contributed by atoms with Crippen molar-refractivity contribution in [3.05, 3.63) is 59.4 Å². The second-order valence-corrected chi connectivity index (χ2v) is 6.43. The molecule has 0 saturated carbocycles. The molecule has 0 aromatic heterocycles. The number of methoxy groups -OCH3 is 4. The molecule has 0 bridgehead atoms. The molecule has 0 atom stereocenters. The standard InChI is InChI=1S/C23H20O5/c1-25-18-12-16-9-14(8-13-6-5-7-17(21(13)16)22(18)24)15-10-19(26-2)23(28-4)20(11-15)27-3/h5-12H,1-4H3. The van der Waals surface area contributed by atoms with Crippen molar-refractivity contribution in [1.82, 2.24) is 0 Å². The maximum Gasteiger partial charge on any atom is 0.228 e. The van der Waals surface area contributed by atoms with Gasteiger partial charge in [-0.15, -0.1) is 0 Å². The van der Waals surface area contributed by atoms with Crippen LogP contribution in [0.2, 0.25) is 0 Å². The van der Waals surface area contributed by atoms with E-state index < -0.39 is 0 Å². The van der Waals surface area contributed by atoms with Crippen LogP contribution in [0.4, 0.5) is 0 Å². The molecule has 0 fully saturated rings. The van der Waals surface area contributed by atoms with Crippen molar-refractivity contribution in [3.8, 4) is 28.4 Å². The SMILES string of the molecule is COC1=Cc2cc(-c3cc(OC)c(OC)c(OC)c3)cc3cccc(c23)C1=O. The first-order valence-corrected chi connectivity index (χ1v) is 8.78. The molecule has 142 valence electrons. The molecule has 5 heteroatoms. The summed E-state index contributed by atoms with van der Waals surface area (Å²) in [5, 5.41) is 1.92. The van der Waals surface area contributed by atoms with Crippen LogP contribution < -0.4 is 14.2 Å². The summed E-state index contributed by atoms with van der Waals surface area (Å²) in [6.45, 7) is 0. The van der Waals surface area contributed by atoms with Crippen LogP contribution in [0.25, 0.3) is 28.0 Å². The van der Waals surface area contributed by atoms with Gasteiger partial charge in [-0.1, -0.05) is 18.2 Å². The molecule has 1 aliphatic rings. The maximum absolute atomic E-state index is 12.6. The Hall–Kier alpha value is -3.47. The average Bonchev–Trinajstić information content (AvgIpc) is 2.74. The van der Waals surface area contributed by atoms with Crippen molar-refractivity contribution in [2.45, 2.75) is 0 Å². The van der Waals surface area contributed by atoms with Crippen LogP contribution in [-0.2, 0) is 4.74 Å². The quantitative estimate of drug-likeness (QED) is 0.645. The highest BCUT2D eigenvalue weighted by Gasteiger charge is 2.23. The third-order valence-corrected chi connectivity index (χ3v) is 4.98. The van der Waals surface area contributed by atoms with E-state index in [1.807, 2.05) is 36.4 Å². The second kappa shape index (κ2) is 6.93. The van der Waals surface area contributed by atoms with Crippen molar-refractivity contribution < 1.29 is 23.7 Å². The third-order valence-electron chi connectivity index (χ3n) is 4.98. The molecule has 4 rings (SSSR count). The number of ketones is 1. The zero-order chi connectivity index (χ0) is 19.8. The summed E-state index contributed by atoms with van der Waals surface area (Å²) in [5.74, 6) is 1.96. The van der Waals surface area contributed by atoms with Crippen molar-refractivity contribution in [3.63, 3.8) is 0 Å². The first-order chi connectivity index (χ1) is 13.6. The van der Waals surface area contributed by atoms with Gasteiger partial charge in [-0.3, -0.25) is 4.79 Å². The normalized spacial score (nSPS) is 12.6. The molecule has 0 unspecified atom stereocenters. The number of hydrogen-bond donors (Lipinski definition) is 0. The minimum Gasteiger partial charge on any atom is -0.493 e. The Labute approximate surface area is 163 Å². The fraction of sp³-hybridized carbons (Fsp3) is 0.174. The number of carbonyl (C=O) groups is 1. The minimum atomic E-state index is -0.0962. The van der Waals surface area contributed by atoms with E-state index in [-0.39, 0.29) is 5.78 Å². The van der Waals surface area contributed by atoms with Crippen molar-refractivity contribution in [1.29, 1.82) is 0 Å². The maximum atomic E-state index is 12.6. The molecule has 5 nitrogen and oxygen atoms in total. The van der Waals surface area contributed by atoms with Gasteiger partial charge >= 0.3 is 0 Å². The topological polar surface area (TPSA) is 54.0 Å². The number of Topliss-reactive ketones (excluding diaryl/α,β-unsaturated/α-hetero) is 1.